The molecule has 0 spiro atoms. The van der Waals surface area contributed by atoms with Crippen LogP contribution in [0.3, 0.4) is 0 Å². The number of fused-ring (bicyclic) bond motifs is 1. The standard InChI is InChI=1S/C25H27N3O4/c1-15(2)18-6-3-16(4-7-18)12-23(30)26-13-17-5-8-20-19(11-17)14-28(25(20)32)21-9-10-22(29)27-24(21)31/h3-8,11,15,21H,9-10,12-14H2,1-2H3,(H,26,30)(H,27,29,31). The van der Waals surface area contributed by atoms with Gasteiger partial charge in [-0.1, -0.05) is 50.2 Å². The van der Waals surface area contributed by atoms with Crippen molar-refractivity contribution < 1.29 is 19.2 Å². The summed E-state index contributed by atoms with van der Waals surface area (Å²) in [6, 6.07) is 12.9. The predicted octanol–water partition coefficient (Wildman–Crippen LogP) is 2.43. The summed E-state index contributed by atoms with van der Waals surface area (Å²) in [5.41, 5.74) is 4.50. The Kier molecular flexibility index (Phi) is 6.08. The molecule has 1 fully saturated rings. The molecule has 166 valence electrons. The van der Waals surface area contributed by atoms with Gasteiger partial charge in [0, 0.05) is 25.1 Å². The molecule has 0 saturated carbocycles. The Morgan fingerprint density at radius 2 is 1.81 bits per heavy atom. The molecule has 4 amide bonds. The summed E-state index contributed by atoms with van der Waals surface area (Å²) >= 11 is 0. The van der Waals surface area contributed by atoms with Gasteiger partial charge in [-0.05, 0) is 40.7 Å². The highest BCUT2D eigenvalue weighted by Crippen LogP contribution is 2.28. The maximum atomic E-state index is 12.8. The summed E-state index contributed by atoms with van der Waals surface area (Å²) in [5, 5.41) is 5.24. The highest BCUT2D eigenvalue weighted by molar-refractivity contribution is 6.05. The fraction of sp³-hybridized carbons (Fsp3) is 0.360. The van der Waals surface area contributed by atoms with Gasteiger partial charge in [0.15, 0.2) is 0 Å². The van der Waals surface area contributed by atoms with Crippen LogP contribution in [0.2, 0.25) is 0 Å². The molecule has 1 unspecified atom stereocenters. The first-order valence-corrected chi connectivity index (χ1v) is 10.9. The molecule has 7 nitrogen and oxygen atoms in total. The van der Waals surface area contributed by atoms with Crippen molar-refractivity contribution in [1.29, 1.82) is 0 Å². The van der Waals surface area contributed by atoms with Gasteiger partial charge >= 0.3 is 0 Å². The largest absolute Gasteiger partial charge is 0.352 e. The second-order valence-corrected chi connectivity index (χ2v) is 8.74. The number of benzene rings is 2. The summed E-state index contributed by atoms with van der Waals surface area (Å²) in [6.07, 6.45) is 0.880. The van der Waals surface area contributed by atoms with E-state index in [1.807, 2.05) is 24.3 Å². The summed E-state index contributed by atoms with van der Waals surface area (Å²) in [7, 11) is 0. The van der Waals surface area contributed by atoms with Crippen LogP contribution in [-0.2, 0) is 33.9 Å². The topological polar surface area (TPSA) is 95.6 Å². The van der Waals surface area contributed by atoms with E-state index in [0.29, 0.717) is 37.4 Å². The van der Waals surface area contributed by atoms with Gasteiger partial charge in [-0.25, -0.2) is 0 Å². The van der Waals surface area contributed by atoms with Crippen LogP contribution >= 0.6 is 0 Å². The van der Waals surface area contributed by atoms with Crippen molar-refractivity contribution in [2.75, 3.05) is 0 Å². The second-order valence-electron chi connectivity index (χ2n) is 8.74. The van der Waals surface area contributed by atoms with E-state index in [2.05, 4.69) is 36.6 Å². The molecule has 0 aromatic heterocycles. The average Bonchev–Trinajstić information content (AvgIpc) is 3.08. The van der Waals surface area contributed by atoms with Crippen molar-refractivity contribution in [1.82, 2.24) is 15.5 Å². The summed E-state index contributed by atoms with van der Waals surface area (Å²) in [5.74, 6) is -0.532. The highest BCUT2D eigenvalue weighted by Gasteiger charge is 2.39. The molecule has 1 atom stereocenters. The van der Waals surface area contributed by atoms with E-state index < -0.39 is 11.9 Å². The van der Waals surface area contributed by atoms with E-state index >= 15 is 0 Å². The lowest BCUT2D eigenvalue weighted by molar-refractivity contribution is -0.137. The predicted molar refractivity (Wildman–Crippen MR) is 119 cm³/mol. The molecule has 2 N–H and O–H groups in total. The van der Waals surface area contributed by atoms with E-state index in [-0.39, 0.29) is 24.1 Å². The van der Waals surface area contributed by atoms with E-state index in [9.17, 15) is 19.2 Å². The van der Waals surface area contributed by atoms with Crippen LogP contribution in [-0.4, -0.2) is 34.6 Å². The van der Waals surface area contributed by atoms with Crippen LogP contribution in [0.1, 0.15) is 65.2 Å². The van der Waals surface area contributed by atoms with Crippen molar-refractivity contribution in [2.45, 2.75) is 58.2 Å². The molecule has 0 radical (unpaired) electrons. The van der Waals surface area contributed by atoms with E-state index in [1.165, 1.54) is 10.5 Å². The maximum absolute atomic E-state index is 12.8. The van der Waals surface area contributed by atoms with Crippen LogP contribution in [0.5, 0.6) is 0 Å². The molecule has 1 saturated heterocycles. The molecular weight excluding hydrogens is 406 g/mol. The number of hydrogen-bond acceptors (Lipinski definition) is 4. The Morgan fingerprint density at radius 3 is 2.50 bits per heavy atom. The van der Waals surface area contributed by atoms with Crippen LogP contribution in [0.15, 0.2) is 42.5 Å². The van der Waals surface area contributed by atoms with E-state index in [4.69, 9.17) is 0 Å². The lowest BCUT2D eigenvalue weighted by atomic mass is 10.0. The molecule has 2 heterocycles. The zero-order valence-electron chi connectivity index (χ0n) is 18.3. The molecule has 2 aliphatic heterocycles. The minimum absolute atomic E-state index is 0.0657. The van der Waals surface area contributed by atoms with Crippen molar-refractivity contribution in [3.05, 3.63) is 70.3 Å². The third-order valence-electron chi connectivity index (χ3n) is 6.09. The molecule has 2 aromatic rings. The van der Waals surface area contributed by atoms with Crippen molar-refractivity contribution in [3.63, 3.8) is 0 Å². The normalized spacial score (nSPS) is 18.0. The highest BCUT2D eigenvalue weighted by atomic mass is 16.2. The van der Waals surface area contributed by atoms with Crippen molar-refractivity contribution >= 4 is 23.6 Å². The monoisotopic (exact) mass is 433 g/mol. The van der Waals surface area contributed by atoms with Gasteiger partial charge in [0.2, 0.25) is 17.7 Å². The van der Waals surface area contributed by atoms with Gasteiger partial charge < -0.3 is 10.2 Å². The van der Waals surface area contributed by atoms with Crippen molar-refractivity contribution in [2.24, 2.45) is 0 Å². The first-order chi connectivity index (χ1) is 15.3. The smallest absolute Gasteiger partial charge is 0.255 e. The first kappa shape index (κ1) is 21.7. The van der Waals surface area contributed by atoms with Crippen LogP contribution in [0.25, 0.3) is 0 Å². The molecular formula is C25H27N3O4. The van der Waals surface area contributed by atoms with Crippen LogP contribution < -0.4 is 10.6 Å². The third kappa shape index (κ3) is 4.56. The van der Waals surface area contributed by atoms with Gasteiger partial charge in [0.25, 0.3) is 5.91 Å². The number of imide groups is 1. The number of nitrogens with one attached hydrogen (secondary N) is 2. The SMILES string of the molecule is CC(C)c1ccc(CC(=O)NCc2ccc3c(c2)CN(C2CCC(=O)NC2=O)C3=O)cc1. The zero-order chi connectivity index (χ0) is 22.8. The van der Waals surface area contributed by atoms with Crippen LogP contribution in [0, 0.1) is 0 Å². The zero-order valence-corrected chi connectivity index (χ0v) is 18.3. The minimum atomic E-state index is -0.627. The summed E-state index contributed by atoms with van der Waals surface area (Å²) in [6.45, 7) is 4.96. The van der Waals surface area contributed by atoms with Gasteiger partial charge in [-0.2, -0.15) is 0 Å². The quantitative estimate of drug-likeness (QED) is 0.684. The van der Waals surface area contributed by atoms with Gasteiger partial charge in [0.1, 0.15) is 6.04 Å². The molecule has 7 heteroatoms. The number of carbonyl (C=O) groups is 4. The maximum Gasteiger partial charge on any atom is 0.255 e. The number of rotatable bonds is 6. The third-order valence-corrected chi connectivity index (χ3v) is 6.09. The number of nitrogens with zero attached hydrogens (tertiary/aromatic N) is 1. The average molecular weight is 434 g/mol. The molecule has 2 aromatic carbocycles. The number of amides is 4. The van der Waals surface area contributed by atoms with Crippen molar-refractivity contribution in [3.8, 4) is 0 Å². The fourth-order valence-corrected chi connectivity index (χ4v) is 4.21. The van der Waals surface area contributed by atoms with E-state index in [0.717, 1.165) is 16.7 Å². The van der Waals surface area contributed by atoms with Crippen LogP contribution in [0.4, 0.5) is 0 Å². The molecule has 0 aliphatic carbocycles. The molecule has 0 bridgehead atoms. The second kappa shape index (κ2) is 8.94. The lowest BCUT2D eigenvalue weighted by Crippen LogP contribution is -2.52. The lowest BCUT2D eigenvalue weighted by Gasteiger charge is -2.29. The summed E-state index contributed by atoms with van der Waals surface area (Å²) in [4.78, 5) is 50.2. The Balaban J connectivity index is 1.35. The molecule has 2 aliphatic rings. The minimum Gasteiger partial charge on any atom is -0.352 e. The number of piperidine rings is 1. The van der Waals surface area contributed by atoms with Gasteiger partial charge in [0.05, 0.1) is 6.42 Å². The fourth-order valence-electron chi connectivity index (χ4n) is 4.21. The Morgan fingerprint density at radius 1 is 1.09 bits per heavy atom. The molecule has 4 rings (SSSR count). The summed E-state index contributed by atoms with van der Waals surface area (Å²) < 4.78 is 0. The van der Waals surface area contributed by atoms with Gasteiger partial charge in [-0.15, -0.1) is 0 Å². The number of hydrogen-bond donors (Lipinski definition) is 2. The molecule has 32 heavy (non-hydrogen) atoms. The van der Waals surface area contributed by atoms with Gasteiger partial charge in [-0.3, -0.25) is 24.5 Å². The Hall–Kier alpha value is -3.48. The Labute approximate surface area is 187 Å². The van der Waals surface area contributed by atoms with E-state index in [1.54, 1.807) is 6.07 Å². The first-order valence-electron chi connectivity index (χ1n) is 10.9. The Bertz CT molecular complexity index is 1080. The number of carbonyl (C=O) groups excluding carboxylic acids is 4.